The minimum absolute atomic E-state index is 0.0414. The molecule has 1 N–H and O–H groups in total. The molecule has 3 aliphatic rings. The number of anilines is 1. The van der Waals surface area contributed by atoms with Crippen molar-refractivity contribution < 1.29 is 14.1 Å². The number of hydrogen-bond acceptors (Lipinski definition) is 6. The van der Waals surface area contributed by atoms with Crippen LogP contribution in [0, 0.1) is 0 Å². The average molecular weight is 448 g/mol. The third kappa shape index (κ3) is 3.72. The number of aryl methyl sites for hydroxylation is 1. The van der Waals surface area contributed by atoms with Crippen LogP contribution in [-0.4, -0.2) is 50.3 Å². The topological polar surface area (TPSA) is 75.6 Å². The van der Waals surface area contributed by atoms with Crippen molar-refractivity contribution in [2.24, 2.45) is 0 Å². The molecule has 5 rings (SSSR count). The van der Waals surface area contributed by atoms with Gasteiger partial charge in [-0.3, -0.25) is 4.21 Å². The normalized spacial score (nSPS) is 23.1. The molecule has 30 heavy (non-hydrogen) atoms. The Balaban J connectivity index is 1.37. The lowest BCUT2D eigenvalue weighted by molar-refractivity contribution is -0.0564. The Morgan fingerprint density at radius 2 is 1.93 bits per heavy atom. The van der Waals surface area contributed by atoms with Gasteiger partial charge in [0.15, 0.2) is 0 Å². The maximum absolute atomic E-state index is 12.5. The summed E-state index contributed by atoms with van der Waals surface area (Å²) >= 11 is 6.02. The number of fused-ring (bicyclic) bond motifs is 1. The minimum atomic E-state index is -1.13. The van der Waals surface area contributed by atoms with Gasteiger partial charge in [0.1, 0.15) is 10.5 Å². The molecular weight excluding hydrogens is 422 g/mol. The van der Waals surface area contributed by atoms with Gasteiger partial charge in [-0.2, -0.15) is 4.98 Å². The first kappa shape index (κ1) is 20.2. The van der Waals surface area contributed by atoms with E-state index in [1.807, 2.05) is 12.1 Å². The van der Waals surface area contributed by atoms with E-state index < -0.39 is 16.4 Å². The van der Waals surface area contributed by atoms with Gasteiger partial charge in [0, 0.05) is 30.3 Å². The van der Waals surface area contributed by atoms with Crippen LogP contribution in [0.15, 0.2) is 29.2 Å². The van der Waals surface area contributed by atoms with Gasteiger partial charge in [0.2, 0.25) is 11.8 Å². The molecule has 3 heterocycles. The molecule has 1 saturated carbocycles. The van der Waals surface area contributed by atoms with Crippen molar-refractivity contribution in [3.05, 3.63) is 40.5 Å². The Morgan fingerprint density at radius 3 is 2.57 bits per heavy atom. The summed E-state index contributed by atoms with van der Waals surface area (Å²) in [5, 5.41) is 10.6. The van der Waals surface area contributed by atoms with Crippen molar-refractivity contribution in [1.29, 1.82) is 0 Å². The average Bonchev–Trinajstić information content (AvgIpc) is 3.12. The van der Waals surface area contributed by atoms with E-state index in [1.165, 1.54) is 5.56 Å². The highest BCUT2D eigenvalue weighted by molar-refractivity contribution is 7.85. The number of ether oxygens (including phenoxy) is 1. The van der Waals surface area contributed by atoms with Crippen molar-refractivity contribution in [3.8, 4) is 5.88 Å². The van der Waals surface area contributed by atoms with Crippen LogP contribution in [-0.2, 0) is 17.2 Å². The second-order valence-electron chi connectivity index (χ2n) is 8.51. The number of benzene rings is 1. The second-order valence-corrected chi connectivity index (χ2v) is 10.5. The Bertz CT molecular complexity index is 951. The highest BCUT2D eigenvalue weighted by Crippen LogP contribution is 2.40. The number of aliphatic hydroxyl groups excluding tert-OH is 1. The van der Waals surface area contributed by atoms with Crippen LogP contribution in [0.3, 0.4) is 0 Å². The lowest BCUT2D eigenvalue weighted by Gasteiger charge is -2.40. The van der Waals surface area contributed by atoms with Gasteiger partial charge in [-0.25, -0.2) is 4.98 Å². The van der Waals surface area contributed by atoms with E-state index in [2.05, 4.69) is 17.0 Å². The van der Waals surface area contributed by atoms with Crippen LogP contribution in [0.2, 0.25) is 5.02 Å². The van der Waals surface area contributed by atoms with Crippen molar-refractivity contribution in [1.82, 2.24) is 9.97 Å². The third-order valence-corrected chi connectivity index (χ3v) is 8.32. The highest BCUT2D eigenvalue weighted by Gasteiger charge is 2.41. The third-order valence-electron chi connectivity index (χ3n) is 6.63. The van der Waals surface area contributed by atoms with Crippen molar-refractivity contribution in [2.75, 3.05) is 30.3 Å². The van der Waals surface area contributed by atoms with Crippen LogP contribution in [0.4, 0.5) is 5.95 Å². The summed E-state index contributed by atoms with van der Waals surface area (Å²) in [4.78, 5) is 12.3. The summed E-state index contributed by atoms with van der Waals surface area (Å²) in [6, 6.07) is 8.13. The number of aromatic nitrogens is 2. The van der Waals surface area contributed by atoms with E-state index in [0.29, 0.717) is 34.8 Å². The summed E-state index contributed by atoms with van der Waals surface area (Å²) in [6.45, 7) is 1.68. The zero-order valence-corrected chi connectivity index (χ0v) is 18.4. The molecule has 2 fully saturated rings. The number of aliphatic hydroxyl groups is 1. The van der Waals surface area contributed by atoms with Gasteiger partial charge in [-0.1, -0.05) is 23.7 Å². The van der Waals surface area contributed by atoms with Gasteiger partial charge in [0.25, 0.3) is 0 Å². The fraction of sp³-hybridized carbons (Fsp3) is 0.545. The van der Waals surface area contributed by atoms with E-state index in [9.17, 15) is 9.32 Å². The molecule has 1 aromatic heterocycles. The fourth-order valence-corrected chi connectivity index (χ4v) is 5.98. The quantitative estimate of drug-likeness (QED) is 0.756. The predicted molar refractivity (Wildman–Crippen MR) is 117 cm³/mol. The number of rotatable bonds is 5. The van der Waals surface area contributed by atoms with E-state index >= 15 is 0 Å². The predicted octanol–water partition coefficient (Wildman–Crippen LogP) is 3.47. The number of nitrogens with zero attached hydrogens (tertiary/aromatic N) is 3. The van der Waals surface area contributed by atoms with Gasteiger partial charge in [0.05, 0.1) is 23.1 Å². The van der Waals surface area contributed by atoms with Crippen LogP contribution in [0.25, 0.3) is 0 Å². The molecule has 8 heteroatoms. The monoisotopic (exact) mass is 447 g/mol. The highest BCUT2D eigenvalue weighted by atomic mass is 35.5. The molecule has 1 unspecified atom stereocenters. The number of hydrogen-bond donors (Lipinski definition) is 1. The smallest absolute Gasteiger partial charge is 0.235 e. The van der Waals surface area contributed by atoms with Gasteiger partial charge in [-0.15, -0.1) is 0 Å². The molecule has 2 aromatic rings. The maximum atomic E-state index is 12.5. The molecule has 1 aromatic carbocycles. The van der Waals surface area contributed by atoms with E-state index in [-0.39, 0.29) is 6.61 Å². The molecule has 2 aliphatic heterocycles. The molecule has 0 amide bonds. The molecule has 0 bridgehead atoms. The Kier molecular flexibility index (Phi) is 5.45. The summed E-state index contributed by atoms with van der Waals surface area (Å²) in [6.07, 6.45) is 5.35. The van der Waals surface area contributed by atoms with Crippen LogP contribution in [0.1, 0.15) is 49.3 Å². The standard InChI is InChI=1S/C22H26ClN3O3S/c23-17-4-2-15(3-5-17)16-6-11-26(12-7-16)21-24-18-8-13-30(28)19(18)20(25-21)29-22(14-27)9-1-10-22/h2-5,16,27H,1,6-14H2. The van der Waals surface area contributed by atoms with Gasteiger partial charge >= 0.3 is 0 Å². The zero-order valence-electron chi connectivity index (χ0n) is 16.8. The van der Waals surface area contributed by atoms with Crippen molar-refractivity contribution in [2.45, 2.75) is 54.9 Å². The second kappa shape index (κ2) is 8.09. The molecule has 0 radical (unpaired) electrons. The number of piperidine rings is 1. The SMILES string of the molecule is O=S1CCc2nc(N3CCC(c4ccc(Cl)cc4)CC3)nc(OC3(CO)CCC3)c21. The zero-order chi connectivity index (χ0) is 20.7. The number of halogens is 1. The summed E-state index contributed by atoms with van der Waals surface area (Å²) in [5.41, 5.74) is 1.58. The summed E-state index contributed by atoms with van der Waals surface area (Å²) in [5.74, 6) is 2.14. The van der Waals surface area contributed by atoms with Crippen molar-refractivity contribution in [3.63, 3.8) is 0 Å². The first-order valence-corrected chi connectivity index (χ1v) is 12.4. The van der Waals surface area contributed by atoms with Crippen LogP contribution in [0.5, 0.6) is 5.88 Å². The van der Waals surface area contributed by atoms with Crippen LogP contribution < -0.4 is 9.64 Å². The summed E-state index contributed by atoms with van der Waals surface area (Å²) in [7, 11) is -1.13. The molecule has 1 saturated heterocycles. The summed E-state index contributed by atoms with van der Waals surface area (Å²) < 4.78 is 18.7. The van der Waals surface area contributed by atoms with Gasteiger partial charge < -0.3 is 14.7 Å². The lowest BCUT2D eigenvalue weighted by atomic mass is 9.81. The van der Waals surface area contributed by atoms with E-state index in [4.69, 9.17) is 26.3 Å². The Labute approximate surface area is 184 Å². The van der Waals surface area contributed by atoms with Crippen LogP contribution >= 0.6 is 11.6 Å². The largest absolute Gasteiger partial charge is 0.468 e. The molecule has 0 spiro atoms. The Hall–Kier alpha value is -1.70. The maximum Gasteiger partial charge on any atom is 0.235 e. The fourth-order valence-electron chi connectivity index (χ4n) is 4.58. The minimum Gasteiger partial charge on any atom is -0.468 e. The Morgan fingerprint density at radius 1 is 1.20 bits per heavy atom. The van der Waals surface area contributed by atoms with E-state index in [0.717, 1.165) is 55.9 Å². The van der Waals surface area contributed by atoms with E-state index in [1.54, 1.807) is 0 Å². The first-order chi connectivity index (χ1) is 14.6. The molecule has 160 valence electrons. The molecular formula is C22H26ClN3O3S. The van der Waals surface area contributed by atoms with Gasteiger partial charge in [-0.05, 0) is 55.7 Å². The molecule has 1 aliphatic carbocycles. The van der Waals surface area contributed by atoms with Crippen molar-refractivity contribution >= 4 is 28.3 Å². The molecule has 6 nitrogen and oxygen atoms in total. The molecule has 1 atom stereocenters. The lowest BCUT2D eigenvalue weighted by Crippen LogP contribution is -2.47. The first-order valence-electron chi connectivity index (χ1n) is 10.7.